The molecule has 3 rings (SSSR count). The second kappa shape index (κ2) is 13.0. The highest BCUT2D eigenvalue weighted by atomic mass is 16.5. The molecule has 0 amide bonds. The predicted octanol–water partition coefficient (Wildman–Crippen LogP) is 5.91. The van der Waals surface area contributed by atoms with Crippen LogP contribution in [-0.4, -0.2) is 25.0 Å². The Hall–Kier alpha value is -4.06. The van der Waals surface area contributed by atoms with Crippen LogP contribution in [0.2, 0.25) is 0 Å². The molecule has 0 unspecified atom stereocenters. The van der Waals surface area contributed by atoms with Crippen molar-refractivity contribution >= 4 is 29.2 Å². The van der Waals surface area contributed by atoms with Crippen LogP contribution in [0, 0.1) is 0 Å². The van der Waals surface area contributed by atoms with E-state index in [1.807, 2.05) is 55.5 Å². The van der Waals surface area contributed by atoms with Crippen LogP contribution in [0.25, 0.3) is 6.08 Å². The first-order valence-corrected chi connectivity index (χ1v) is 11.8. The Labute approximate surface area is 206 Å². The fourth-order valence-corrected chi connectivity index (χ4v) is 3.60. The van der Waals surface area contributed by atoms with Crippen LogP contribution >= 0.6 is 0 Å². The lowest BCUT2D eigenvalue weighted by atomic mass is 10.0. The molecule has 0 aliphatic heterocycles. The number of rotatable bonds is 12. The second-order valence-corrected chi connectivity index (χ2v) is 8.26. The summed E-state index contributed by atoms with van der Waals surface area (Å²) in [5, 5.41) is 0. The Morgan fingerprint density at radius 3 is 1.91 bits per heavy atom. The molecule has 0 radical (unpaired) electrons. The zero-order chi connectivity index (χ0) is 25.0. The van der Waals surface area contributed by atoms with Gasteiger partial charge in [0.1, 0.15) is 5.75 Å². The lowest BCUT2D eigenvalue weighted by Gasteiger charge is -2.08. The molecule has 0 heterocycles. The number of esters is 1. The van der Waals surface area contributed by atoms with Crippen molar-refractivity contribution in [3.8, 4) is 5.75 Å². The van der Waals surface area contributed by atoms with Crippen LogP contribution in [0.3, 0.4) is 0 Å². The molecule has 182 valence electrons. The fraction of sp³-hybridized carbons (Fsp3) is 0.241. The van der Waals surface area contributed by atoms with E-state index in [1.165, 1.54) is 0 Å². The first kappa shape index (κ1) is 25.6. The van der Waals surface area contributed by atoms with E-state index in [-0.39, 0.29) is 5.78 Å². The normalized spacial score (nSPS) is 10.9. The molecular formula is C29H32N2O4. The number of ether oxygens (including phenoxy) is 2. The molecule has 0 saturated carbocycles. The first-order chi connectivity index (χ1) is 17.0. The van der Waals surface area contributed by atoms with Gasteiger partial charge < -0.3 is 20.9 Å². The predicted molar refractivity (Wildman–Crippen MR) is 141 cm³/mol. The van der Waals surface area contributed by atoms with E-state index >= 15 is 0 Å². The van der Waals surface area contributed by atoms with E-state index in [0.717, 1.165) is 37.0 Å². The molecule has 0 fully saturated rings. The third-order valence-electron chi connectivity index (χ3n) is 5.40. The van der Waals surface area contributed by atoms with Crippen LogP contribution in [0.1, 0.15) is 64.4 Å². The SMILES string of the molecule is C/C=C/c1ccc(C(=O)c2ccc(OCCCCCCOC(=O)c3cc(N)cc(N)c3)cc2)cc1. The number of benzene rings is 3. The molecule has 0 aliphatic carbocycles. The Kier molecular flexibility index (Phi) is 9.49. The molecule has 35 heavy (non-hydrogen) atoms. The number of unbranched alkanes of at least 4 members (excludes halogenated alkanes) is 3. The average molecular weight is 473 g/mol. The summed E-state index contributed by atoms with van der Waals surface area (Å²) in [6, 6.07) is 19.5. The number of allylic oxidation sites excluding steroid dienone is 1. The number of hydrogen-bond acceptors (Lipinski definition) is 6. The molecule has 0 bridgehead atoms. The summed E-state index contributed by atoms with van der Waals surface area (Å²) >= 11 is 0. The van der Waals surface area contributed by atoms with Gasteiger partial charge in [0.2, 0.25) is 0 Å². The smallest absolute Gasteiger partial charge is 0.338 e. The summed E-state index contributed by atoms with van der Waals surface area (Å²) in [6.45, 7) is 2.90. The van der Waals surface area contributed by atoms with Crippen LogP contribution < -0.4 is 16.2 Å². The number of anilines is 2. The first-order valence-electron chi connectivity index (χ1n) is 11.8. The zero-order valence-corrected chi connectivity index (χ0v) is 20.0. The van der Waals surface area contributed by atoms with E-state index < -0.39 is 5.97 Å². The topological polar surface area (TPSA) is 105 Å². The Morgan fingerprint density at radius 1 is 0.743 bits per heavy atom. The molecule has 0 aliphatic rings. The van der Waals surface area contributed by atoms with Gasteiger partial charge in [-0.3, -0.25) is 4.79 Å². The van der Waals surface area contributed by atoms with Crippen LogP contribution in [0.15, 0.2) is 72.8 Å². The molecule has 0 aromatic heterocycles. The van der Waals surface area contributed by atoms with Crippen molar-refractivity contribution in [2.45, 2.75) is 32.6 Å². The fourth-order valence-electron chi connectivity index (χ4n) is 3.60. The summed E-state index contributed by atoms with van der Waals surface area (Å²) in [5.41, 5.74) is 15.0. The summed E-state index contributed by atoms with van der Waals surface area (Å²) < 4.78 is 11.1. The molecule has 0 spiro atoms. The van der Waals surface area contributed by atoms with E-state index in [2.05, 4.69) is 0 Å². The van der Waals surface area contributed by atoms with E-state index in [9.17, 15) is 9.59 Å². The zero-order valence-electron chi connectivity index (χ0n) is 20.0. The third-order valence-corrected chi connectivity index (χ3v) is 5.40. The van der Waals surface area contributed by atoms with Crippen molar-refractivity contribution in [1.29, 1.82) is 0 Å². The van der Waals surface area contributed by atoms with Gasteiger partial charge in [0.15, 0.2) is 5.78 Å². The lowest BCUT2D eigenvalue weighted by Crippen LogP contribution is -2.08. The highest BCUT2D eigenvalue weighted by Gasteiger charge is 2.10. The van der Waals surface area contributed by atoms with Gasteiger partial charge in [-0.25, -0.2) is 4.79 Å². The molecule has 3 aromatic rings. The van der Waals surface area contributed by atoms with Crippen LogP contribution in [0.4, 0.5) is 11.4 Å². The number of carbonyl (C=O) groups is 2. The van der Waals surface area contributed by atoms with Gasteiger partial charge in [0, 0.05) is 22.5 Å². The van der Waals surface area contributed by atoms with Crippen molar-refractivity contribution in [3.63, 3.8) is 0 Å². The molecule has 4 N–H and O–H groups in total. The quantitative estimate of drug-likeness (QED) is 0.147. The van der Waals surface area contributed by atoms with Crippen molar-refractivity contribution in [1.82, 2.24) is 0 Å². The average Bonchev–Trinajstić information content (AvgIpc) is 2.85. The largest absolute Gasteiger partial charge is 0.494 e. The monoisotopic (exact) mass is 472 g/mol. The van der Waals surface area contributed by atoms with Gasteiger partial charge in [-0.05, 0) is 80.6 Å². The maximum atomic E-state index is 12.7. The number of ketones is 1. The molecule has 0 saturated heterocycles. The maximum absolute atomic E-state index is 12.7. The highest BCUT2D eigenvalue weighted by Crippen LogP contribution is 2.18. The van der Waals surface area contributed by atoms with Gasteiger partial charge in [-0.1, -0.05) is 36.4 Å². The van der Waals surface area contributed by atoms with E-state index in [0.29, 0.717) is 41.3 Å². The van der Waals surface area contributed by atoms with Gasteiger partial charge >= 0.3 is 5.97 Å². The number of carbonyl (C=O) groups excluding carboxylic acids is 2. The Morgan fingerprint density at radius 2 is 1.31 bits per heavy atom. The third kappa shape index (κ3) is 8.03. The highest BCUT2D eigenvalue weighted by molar-refractivity contribution is 6.09. The second-order valence-electron chi connectivity index (χ2n) is 8.26. The van der Waals surface area contributed by atoms with Gasteiger partial charge in [-0.15, -0.1) is 0 Å². The van der Waals surface area contributed by atoms with Crippen molar-refractivity contribution < 1.29 is 19.1 Å². The Balaban J connectivity index is 1.31. The lowest BCUT2D eigenvalue weighted by molar-refractivity contribution is 0.0497. The number of nitrogens with two attached hydrogens (primary N) is 2. The van der Waals surface area contributed by atoms with E-state index in [4.69, 9.17) is 20.9 Å². The molecule has 0 atom stereocenters. The molecular weight excluding hydrogens is 440 g/mol. The molecule has 3 aromatic carbocycles. The van der Waals surface area contributed by atoms with Gasteiger partial charge in [0.05, 0.1) is 18.8 Å². The van der Waals surface area contributed by atoms with Crippen molar-refractivity contribution in [3.05, 3.63) is 95.1 Å². The minimum absolute atomic E-state index is 0.0107. The van der Waals surface area contributed by atoms with Crippen LogP contribution in [0.5, 0.6) is 5.75 Å². The molecule has 6 heteroatoms. The summed E-state index contributed by atoms with van der Waals surface area (Å²) in [6.07, 6.45) is 7.51. The van der Waals surface area contributed by atoms with Crippen molar-refractivity contribution in [2.24, 2.45) is 0 Å². The van der Waals surface area contributed by atoms with Crippen LogP contribution in [-0.2, 0) is 4.74 Å². The number of hydrogen-bond donors (Lipinski definition) is 2. The maximum Gasteiger partial charge on any atom is 0.338 e. The summed E-state index contributed by atoms with van der Waals surface area (Å²) in [7, 11) is 0. The van der Waals surface area contributed by atoms with Gasteiger partial charge in [-0.2, -0.15) is 0 Å². The summed E-state index contributed by atoms with van der Waals surface area (Å²) in [5.74, 6) is 0.309. The van der Waals surface area contributed by atoms with Gasteiger partial charge in [0.25, 0.3) is 0 Å². The molecule has 6 nitrogen and oxygen atoms in total. The Bertz CT molecular complexity index is 1130. The minimum atomic E-state index is -0.417. The number of nitrogen functional groups attached to an aromatic ring is 2. The van der Waals surface area contributed by atoms with Crippen molar-refractivity contribution in [2.75, 3.05) is 24.7 Å². The van der Waals surface area contributed by atoms with E-state index in [1.54, 1.807) is 30.3 Å². The summed E-state index contributed by atoms with van der Waals surface area (Å²) in [4.78, 5) is 24.7. The standard InChI is InChI=1S/C29H32N2O4/c1-2-7-21-8-10-22(11-9-21)28(32)23-12-14-27(15-13-23)34-16-5-3-4-6-17-35-29(33)24-18-25(30)20-26(31)19-24/h2,7-15,18-20H,3-6,16-17,30-31H2,1H3/b7-2+. The minimum Gasteiger partial charge on any atom is -0.494 e.